The van der Waals surface area contributed by atoms with Gasteiger partial charge in [-0.25, -0.2) is 9.48 Å². The number of fused-ring (bicyclic) bond motifs is 1. The van der Waals surface area contributed by atoms with E-state index >= 15 is 0 Å². The van der Waals surface area contributed by atoms with Crippen LogP contribution in [0.4, 0.5) is 0 Å². The normalized spacial score (nSPS) is 31.0. The van der Waals surface area contributed by atoms with Crippen molar-refractivity contribution in [2.24, 2.45) is 0 Å². The summed E-state index contributed by atoms with van der Waals surface area (Å²) in [6.45, 7) is 4.45. The third-order valence-electron chi connectivity index (χ3n) is 5.28. The number of carbonyl (C=O) groups is 1. The van der Waals surface area contributed by atoms with Crippen LogP contribution in [0.25, 0.3) is 0 Å². The van der Waals surface area contributed by atoms with E-state index in [1.54, 1.807) is 10.9 Å². The number of carboxylic acid groups (broad SMARTS) is 1. The predicted molar refractivity (Wildman–Crippen MR) is 75.2 cm³/mol. The van der Waals surface area contributed by atoms with E-state index in [-0.39, 0.29) is 11.7 Å². The van der Waals surface area contributed by atoms with Gasteiger partial charge in [0.25, 0.3) is 0 Å². The topological polar surface area (TPSA) is 74.5 Å². The van der Waals surface area contributed by atoms with E-state index < -0.39 is 5.97 Å². The Labute approximate surface area is 123 Å². The minimum atomic E-state index is -1.01. The largest absolute Gasteiger partial charge is 0.476 e. The van der Waals surface area contributed by atoms with E-state index in [2.05, 4.69) is 20.1 Å². The summed E-state index contributed by atoms with van der Waals surface area (Å²) in [7, 11) is 0. The zero-order valence-corrected chi connectivity index (χ0v) is 12.1. The SMILES string of the molecule is O=C(O)c1cn(C2CN(C3CCN4CCCCC34)C2)nn1. The molecule has 1 N–H and O–H groups in total. The number of aromatic nitrogens is 3. The lowest BCUT2D eigenvalue weighted by Crippen LogP contribution is -2.57. The maximum absolute atomic E-state index is 10.8. The van der Waals surface area contributed by atoms with Crippen LogP contribution in [0, 0.1) is 0 Å². The molecule has 7 heteroatoms. The molecule has 0 saturated carbocycles. The van der Waals surface area contributed by atoms with Crippen LogP contribution in [0.5, 0.6) is 0 Å². The fourth-order valence-corrected chi connectivity index (χ4v) is 4.13. The molecule has 0 bridgehead atoms. The van der Waals surface area contributed by atoms with Crippen LogP contribution in [-0.4, -0.2) is 74.1 Å². The molecule has 0 spiro atoms. The Balaban J connectivity index is 1.37. The molecule has 0 radical (unpaired) electrons. The molecule has 0 aliphatic carbocycles. The molecular weight excluding hydrogens is 270 g/mol. The summed E-state index contributed by atoms with van der Waals surface area (Å²) in [5, 5.41) is 16.5. The molecule has 1 aromatic rings. The average Bonchev–Trinajstić information content (AvgIpc) is 3.05. The first-order chi connectivity index (χ1) is 10.2. The van der Waals surface area contributed by atoms with Gasteiger partial charge in [0.05, 0.1) is 12.2 Å². The number of hydrogen-bond acceptors (Lipinski definition) is 5. The highest BCUT2D eigenvalue weighted by Crippen LogP contribution is 2.34. The Morgan fingerprint density at radius 2 is 1.95 bits per heavy atom. The summed E-state index contributed by atoms with van der Waals surface area (Å²) in [6.07, 6.45) is 6.86. The Morgan fingerprint density at radius 3 is 2.71 bits per heavy atom. The van der Waals surface area contributed by atoms with Gasteiger partial charge in [-0.3, -0.25) is 9.80 Å². The predicted octanol–water partition coefficient (Wildman–Crippen LogP) is 0.460. The number of carboxylic acids is 1. The summed E-state index contributed by atoms with van der Waals surface area (Å²) in [6, 6.07) is 1.71. The zero-order valence-electron chi connectivity index (χ0n) is 12.1. The lowest BCUT2D eigenvalue weighted by molar-refractivity contribution is 0.0261. The van der Waals surface area contributed by atoms with Gasteiger partial charge in [-0.2, -0.15) is 0 Å². The third-order valence-corrected chi connectivity index (χ3v) is 5.28. The van der Waals surface area contributed by atoms with Crippen molar-refractivity contribution in [2.45, 2.75) is 43.8 Å². The Morgan fingerprint density at radius 1 is 1.14 bits per heavy atom. The summed E-state index contributed by atoms with van der Waals surface area (Å²) < 4.78 is 1.72. The Kier molecular flexibility index (Phi) is 3.19. The van der Waals surface area contributed by atoms with Gasteiger partial charge < -0.3 is 5.11 Å². The van der Waals surface area contributed by atoms with Crippen LogP contribution < -0.4 is 0 Å². The maximum Gasteiger partial charge on any atom is 0.358 e. The molecule has 114 valence electrons. The fourth-order valence-electron chi connectivity index (χ4n) is 4.13. The van der Waals surface area contributed by atoms with E-state index in [4.69, 9.17) is 5.11 Å². The third kappa shape index (κ3) is 2.24. The second-order valence-corrected chi connectivity index (χ2v) is 6.45. The molecule has 0 aromatic carbocycles. The highest BCUT2D eigenvalue weighted by atomic mass is 16.4. The first-order valence-corrected chi connectivity index (χ1v) is 7.85. The van der Waals surface area contributed by atoms with Crippen LogP contribution in [0.3, 0.4) is 0 Å². The fraction of sp³-hybridized carbons (Fsp3) is 0.786. The van der Waals surface area contributed by atoms with Crippen molar-refractivity contribution in [3.05, 3.63) is 11.9 Å². The zero-order chi connectivity index (χ0) is 14.4. The molecule has 0 amide bonds. The van der Waals surface area contributed by atoms with Gasteiger partial charge in [0.1, 0.15) is 0 Å². The molecule has 2 unspecified atom stereocenters. The molecule has 7 nitrogen and oxygen atoms in total. The first kappa shape index (κ1) is 13.2. The summed E-state index contributed by atoms with van der Waals surface area (Å²) in [4.78, 5) is 16.0. The molecule has 2 atom stereocenters. The number of aromatic carboxylic acids is 1. The van der Waals surface area contributed by atoms with Crippen LogP contribution in [-0.2, 0) is 0 Å². The standard InChI is InChI=1S/C14H21N5O2/c20-14(21)11-9-19(16-15-11)10-7-18(8-10)13-4-6-17-5-2-1-3-12(13)17/h9-10,12-13H,1-8H2,(H,20,21). The van der Waals surface area contributed by atoms with E-state index in [0.717, 1.165) is 19.1 Å². The van der Waals surface area contributed by atoms with Crippen LogP contribution in [0.15, 0.2) is 6.20 Å². The number of piperidine rings is 1. The molecule has 3 fully saturated rings. The molecule has 3 saturated heterocycles. The summed E-state index contributed by atoms with van der Waals surface area (Å²) >= 11 is 0. The number of hydrogen-bond donors (Lipinski definition) is 1. The molecule has 21 heavy (non-hydrogen) atoms. The molecule has 4 rings (SSSR count). The summed E-state index contributed by atoms with van der Waals surface area (Å²) in [5.41, 5.74) is 0.0350. The van der Waals surface area contributed by atoms with Gasteiger partial charge in [-0.15, -0.1) is 5.10 Å². The Hall–Kier alpha value is -1.47. The smallest absolute Gasteiger partial charge is 0.358 e. The van der Waals surface area contributed by atoms with Gasteiger partial charge in [0.2, 0.25) is 0 Å². The Bertz CT molecular complexity index is 539. The minimum Gasteiger partial charge on any atom is -0.476 e. The van der Waals surface area contributed by atoms with Crippen molar-refractivity contribution in [3.8, 4) is 0 Å². The quantitative estimate of drug-likeness (QED) is 0.872. The van der Waals surface area contributed by atoms with Crippen molar-refractivity contribution in [1.29, 1.82) is 0 Å². The van der Waals surface area contributed by atoms with Crippen LogP contribution >= 0.6 is 0 Å². The number of rotatable bonds is 3. The van der Waals surface area contributed by atoms with Gasteiger partial charge >= 0.3 is 5.97 Å². The molecule has 1 aromatic heterocycles. The maximum atomic E-state index is 10.8. The number of likely N-dealkylation sites (tertiary alicyclic amines) is 1. The van der Waals surface area contributed by atoms with Crippen molar-refractivity contribution < 1.29 is 9.90 Å². The monoisotopic (exact) mass is 291 g/mol. The second-order valence-electron chi connectivity index (χ2n) is 6.45. The first-order valence-electron chi connectivity index (χ1n) is 7.85. The van der Waals surface area contributed by atoms with Gasteiger partial charge in [0.15, 0.2) is 5.69 Å². The molecule has 4 heterocycles. The van der Waals surface area contributed by atoms with E-state index in [0.29, 0.717) is 6.04 Å². The van der Waals surface area contributed by atoms with Gasteiger partial charge in [0, 0.05) is 31.7 Å². The molecular formula is C14H21N5O2. The van der Waals surface area contributed by atoms with Gasteiger partial charge in [-0.1, -0.05) is 11.6 Å². The van der Waals surface area contributed by atoms with Crippen LogP contribution in [0.2, 0.25) is 0 Å². The van der Waals surface area contributed by atoms with Gasteiger partial charge in [-0.05, 0) is 25.8 Å². The van der Waals surface area contributed by atoms with E-state index in [1.165, 1.54) is 38.8 Å². The minimum absolute atomic E-state index is 0.0350. The molecule has 3 aliphatic rings. The van der Waals surface area contributed by atoms with Crippen molar-refractivity contribution in [3.63, 3.8) is 0 Å². The highest BCUT2D eigenvalue weighted by molar-refractivity contribution is 5.84. The van der Waals surface area contributed by atoms with Crippen LogP contribution in [0.1, 0.15) is 42.2 Å². The molecule has 3 aliphatic heterocycles. The van der Waals surface area contributed by atoms with Crippen molar-refractivity contribution in [2.75, 3.05) is 26.2 Å². The lowest BCUT2D eigenvalue weighted by atomic mass is 9.94. The number of nitrogens with zero attached hydrogens (tertiary/aromatic N) is 5. The van der Waals surface area contributed by atoms with Crippen molar-refractivity contribution in [1.82, 2.24) is 24.8 Å². The van der Waals surface area contributed by atoms with E-state index in [9.17, 15) is 4.79 Å². The lowest BCUT2D eigenvalue weighted by Gasteiger charge is -2.46. The second kappa shape index (κ2) is 5.06. The van der Waals surface area contributed by atoms with E-state index in [1.807, 2.05) is 0 Å². The van der Waals surface area contributed by atoms with Crippen molar-refractivity contribution >= 4 is 5.97 Å². The highest BCUT2D eigenvalue weighted by Gasteiger charge is 2.43. The average molecular weight is 291 g/mol. The summed E-state index contributed by atoms with van der Waals surface area (Å²) in [5.74, 6) is -1.01.